The van der Waals surface area contributed by atoms with Gasteiger partial charge >= 0.3 is 19.8 Å². The molecule has 0 aromatic heterocycles. The molecule has 0 spiro atoms. The van der Waals surface area contributed by atoms with E-state index in [0.717, 1.165) is 51.4 Å². The molecule has 0 bridgehead atoms. The number of nitrogens with one attached hydrogen (secondary N) is 1. The van der Waals surface area contributed by atoms with Crippen LogP contribution in [0.5, 0.6) is 0 Å². The molecule has 0 aromatic rings. The van der Waals surface area contributed by atoms with Gasteiger partial charge in [-0.25, -0.2) is 4.57 Å². The minimum atomic E-state index is -5.41. The highest BCUT2D eigenvalue weighted by Gasteiger charge is 2.55. The van der Waals surface area contributed by atoms with Crippen LogP contribution in [0.4, 0.5) is 0 Å². The number of amides is 1. The molecule has 1 saturated carbocycles. The quantitative estimate of drug-likeness (QED) is 0.0171. The van der Waals surface area contributed by atoms with Crippen molar-refractivity contribution < 1.29 is 87.6 Å². The van der Waals surface area contributed by atoms with Gasteiger partial charge in [0.15, 0.2) is 12.4 Å². The summed E-state index contributed by atoms with van der Waals surface area (Å²) in [5.74, 6) is -1.79. The predicted octanol–water partition coefficient (Wildman–Crippen LogP) is 6.86. The summed E-state index contributed by atoms with van der Waals surface area (Å²) in [7, 11) is -5.41. The average Bonchev–Trinajstić information content (AvgIpc) is 3.36. The van der Waals surface area contributed by atoms with E-state index in [2.05, 4.69) is 19.2 Å². The van der Waals surface area contributed by atoms with Crippen molar-refractivity contribution in [2.75, 3.05) is 19.8 Å². The molecule has 2 fully saturated rings. The van der Waals surface area contributed by atoms with Gasteiger partial charge in [-0.3, -0.25) is 23.4 Å². The van der Waals surface area contributed by atoms with Crippen molar-refractivity contribution in [3.63, 3.8) is 0 Å². The normalized spacial score (nSPS) is 26.7. The van der Waals surface area contributed by atoms with E-state index in [1.807, 2.05) is 6.92 Å². The van der Waals surface area contributed by atoms with Crippen LogP contribution in [0.2, 0.25) is 0 Å². The van der Waals surface area contributed by atoms with Gasteiger partial charge in [0.05, 0.1) is 13.2 Å². The molecule has 1 heterocycles. The molecule has 19 nitrogen and oxygen atoms in total. The number of ether oxygens (including phenoxy) is 4. The second kappa shape index (κ2) is 39.5. The van der Waals surface area contributed by atoms with Crippen molar-refractivity contribution in [2.24, 2.45) is 0 Å². The van der Waals surface area contributed by atoms with Crippen LogP contribution in [-0.4, -0.2) is 152 Å². The number of hydrogen-bond acceptors (Lipinski definition) is 17. The standard InChI is InChI=1S/C52H98NO18P/c1-4-7-10-12-14-16-18-20-22-24-26-28-30-33-41(56)66-36-38(68-42(57)34-31-29-27-25-23-21-19-17-15-13-11-8-5-2)37-67-72(64,65)71-51-49(63)47(61)46(60)48(62)50(51)70-52-43(53-40(55)32-9-6-3)45(59)44(58)39(35-54)69-52/h38-39,43-52,54,58-63H,4-37H2,1-3H3,(H,53,55)(H,64,65)/t38-,39-,43-,44-,45-,46-,47-,48+,49-,50-,51-,52-/m1/s1. The Hall–Kier alpha value is -1.84. The highest BCUT2D eigenvalue weighted by atomic mass is 31.2. The summed E-state index contributed by atoms with van der Waals surface area (Å²) in [5.41, 5.74) is 0. The Morgan fingerprint density at radius 1 is 0.528 bits per heavy atom. The third-order valence-electron chi connectivity index (χ3n) is 13.7. The van der Waals surface area contributed by atoms with E-state index >= 15 is 0 Å². The first-order chi connectivity index (χ1) is 34.6. The Labute approximate surface area is 430 Å². The highest BCUT2D eigenvalue weighted by Crippen LogP contribution is 2.48. The molecule has 1 aliphatic carbocycles. The Balaban J connectivity index is 2.06. The maximum absolute atomic E-state index is 13.6. The van der Waals surface area contributed by atoms with E-state index in [1.54, 1.807) is 0 Å². The molecule has 72 heavy (non-hydrogen) atoms. The molecule has 13 atom stereocenters. The molecule has 20 heteroatoms. The van der Waals surface area contributed by atoms with E-state index in [-0.39, 0.29) is 19.3 Å². The molecule has 1 saturated heterocycles. The minimum absolute atomic E-state index is 0.00677. The lowest BCUT2D eigenvalue weighted by Gasteiger charge is -2.48. The Morgan fingerprint density at radius 2 is 0.958 bits per heavy atom. The predicted molar refractivity (Wildman–Crippen MR) is 270 cm³/mol. The molecular weight excluding hydrogens is 958 g/mol. The summed E-state index contributed by atoms with van der Waals surface area (Å²) in [6.07, 6.45) is 9.39. The molecule has 2 aliphatic rings. The molecular formula is C52H98NO18P. The average molecular weight is 1060 g/mol. The Morgan fingerprint density at radius 3 is 1.42 bits per heavy atom. The number of aliphatic hydroxyl groups is 7. The van der Waals surface area contributed by atoms with Gasteiger partial charge in [0.2, 0.25) is 5.91 Å². The van der Waals surface area contributed by atoms with Crippen LogP contribution in [0.25, 0.3) is 0 Å². The van der Waals surface area contributed by atoms with Gasteiger partial charge in [-0.15, -0.1) is 0 Å². The topological polar surface area (TPSA) is 298 Å². The smallest absolute Gasteiger partial charge is 0.462 e. The van der Waals surface area contributed by atoms with Crippen molar-refractivity contribution >= 4 is 25.7 Å². The van der Waals surface area contributed by atoms with Gasteiger partial charge in [0.1, 0.15) is 67.6 Å². The largest absolute Gasteiger partial charge is 0.472 e. The van der Waals surface area contributed by atoms with Crippen molar-refractivity contribution in [1.29, 1.82) is 0 Å². The lowest BCUT2D eigenvalue weighted by atomic mass is 9.84. The first kappa shape index (κ1) is 66.3. The van der Waals surface area contributed by atoms with Gasteiger partial charge in [-0.1, -0.05) is 181 Å². The first-order valence-corrected chi connectivity index (χ1v) is 29.4. The van der Waals surface area contributed by atoms with Gasteiger partial charge in [0.25, 0.3) is 0 Å². The second-order valence-electron chi connectivity index (χ2n) is 20.1. The van der Waals surface area contributed by atoms with Gasteiger partial charge in [-0.05, 0) is 19.3 Å². The van der Waals surface area contributed by atoms with Crippen LogP contribution in [-0.2, 0) is 46.9 Å². The molecule has 424 valence electrons. The third-order valence-corrected chi connectivity index (χ3v) is 14.7. The third kappa shape index (κ3) is 27.3. The minimum Gasteiger partial charge on any atom is -0.462 e. The number of carbonyl (C=O) groups is 3. The van der Waals surface area contributed by atoms with Crippen LogP contribution < -0.4 is 5.32 Å². The summed E-state index contributed by atoms with van der Waals surface area (Å²) in [6, 6.07) is -1.57. The lowest BCUT2D eigenvalue weighted by molar-refractivity contribution is -0.317. The molecule has 9 N–H and O–H groups in total. The van der Waals surface area contributed by atoms with Crippen molar-refractivity contribution in [2.45, 2.75) is 293 Å². The molecule has 0 radical (unpaired) electrons. The van der Waals surface area contributed by atoms with Crippen LogP contribution in [0.1, 0.15) is 220 Å². The summed E-state index contributed by atoms with van der Waals surface area (Å²) < 4.78 is 46.7. The Bertz CT molecular complexity index is 1460. The fourth-order valence-corrected chi connectivity index (χ4v) is 10.1. The zero-order valence-corrected chi connectivity index (χ0v) is 45.0. The van der Waals surface area contributed by atoms with E-state index in [4.69, 9.17) is 28.0 Å². The number of phosphoric acid groups is 1. The van der Waals surface area contributed by atoms with Crippen LogP contribution in [0.15, 0.2) is 0 Å². The Kier molecular flexibility index (Phi) is 36.4. The number of carbonyl (C=O) groups excluding carboxylic acids is 3. The summed E-state index contributed by atoms with van der Waals surface area (Å²) in [6.45, 7) is 4.07. The zero-order valence-electron chi connectivity index (χ0n) is 44.1. The molecule has 0 aromatic carbocycles. The number of aliphatic hydroxyl groups excluding tert-OH is 7. The maximum atomic E-state index is 13.6. The second-order valence-corrected chi connectivity index (χ2v) is 21.5. The zero-order chi connectivity index (χ0) is 53.2. The van der Waals surface area contributed by atoms with Crippen LogP contribution in [0, 0.1) is 0 Å². The number of phosphoric ester groups is 1. The van der Waals surface area contributed by atoms with E-state index in [9.17, 15) is 59.6 Å². The summed E-state index contributed by atoms with van der Waals surface area (Å²) in [5, 5.41) is 77.3. The monoisotopic (exact) mass is 1060 g/mol. The van der Waals surface area contributed by atoms with Crippen LogP contribution >= 0.6 is 7.82 Å². The fourth-order valence-electron chi connectivity index (χ4n) is 9.12. The van der Waals surface area contributed by atoms with Crippen LogP contribution in [0.3, 0.4) is 0 Å². The highest BCUT2D eigenvalue weighted by molar-refractivity contribution is 7.47. The lowest BCUT2D eigenvalue weighted by Crippen LogP contribution is -2.69. The fraction of sp³-hybridized carbons (Fsp3) is 0.942. The van der Waals surface area contributed by atoms with Gasteiger partial charge in [-0.2, -0.15) is 0 Å². The molecule has 1 aliphatic heterocycles. The summed E-state index contributed by atoms with van der Waals surface area (Å²) >= 11 is 0. The van der Waals surface area contributed by atoms with E-state index in [0.29, 0.717) is 25.7 Å². The van der Waals surface area contributed by atoms with Crippen molar-refractivity contribution in [3.8, 4) is 0 Å². The summed E-state index contributed by atoms with van der Waals surface area (Å²) in [4.78, 5) is 49.6. The van der Waals surface area contributed by atoms with E-state index < -0.39 is 119 Å². The maximum Gasteiger partial charge on any atom is 0.472 e. The number of rotatable bonds is 43. The van der Waals surface area contributed by atoms with Crippen molar-refractivity contribution in [3.05, 3.63) is 0 Å². The number of esters is 2. The molecule has 2 rings (SSSR count). The molecule has 1 unspecified atom stereocenters. The SMILES string of the molecule is CCCCCCCCCCCCCCCC(=O)OC[C@H](COP(=O)(O)O[C@@H]1[C@H](O)[C@H](O)[C@@H](O)[C@H](O)[C@H]1O[C@H]1O[C@H](CO)[C@@H](O)[C@H](O)[C@H]1NC(=O)CCCC)OC(=O)CCCCCCCCCCCCCCC. The van der Waals surface area contributed by atoms with Crippen molar-refractivity contribution in [1.82, 2.24) is 5.32 Å². The number of unbranched alkanes of at least 4 members (excludes halogenated alkanes) is 25. The van der Waals surface area contributed by atoms with Gasteiger partial charge < -0.3 is 64.9 Å². The number of hydrogen-bond donors (Lipinski definition) is 9. The molecule has 1 amide bonds. The van der Waals surface area contributed by atoms with E-state index in [1.165, 1.54) is 103 Å². The first-order valence-electron chi connectivity index (χ1n) is 27.9. The van der Waals surface area contributed by atoms with Gasteiger partial charge in [0, 0.05) is 19.3 Å².